The summed E-state index contributed by atoms with van der Waals surface area (Å²) in [7, 11) is 0. The average Bonchev–Trinajstić information content (AvgIpc) is 2.30. The van der Waals surface area contributed by atoms with Crippen molar-refractivity contribution >= 4 is 11.8 Å². The fraction of sp³-hybridized carbons (Fsp3) is 0. The van der Waals surface area contributed by atoms with Gasteiger partial charge in [0.25, 0.3) is 0 Å². The number of benzene rings is 1. The summed E-state index contributed by atoms with van der Waals surface area (Å²) in [6.45, 7) is 0. The lowest BCUT2D eigenvalue weighted by molar-refractivity contribution is 0.0697. The fourth-order valence-corrected chi connectivity index (χ4v) is 1.54. The number of halogens is 1. The monoisotopic (exact) mass is 232 g/mol. The van der Waals surface area contributed by atoms with E-state index in [0.29, 0.717) is 0 Å². The van der Waals surface area contributed by atoms with E-state index in [1.54, 1.807) is 6.07 Å². The molecular formula is C12H9FN2O2. The highest BCUT2D eigenvalue weighted by atomic mass is 19.1. The van der Waals surface area contributed by atoms with Gasteiger partial charge in [-0.15, -0.1) is 0 Å². The van der Waals surface area contributed by atoms with Crippen molar-refractivity contribution in [1.29, 1.82) is 0 Å². The molecule has 3 N–H and O–H groups in total. The van der Waals surface area contributed by atoms with Crippen LogP contribution in [0.4, 0.5) is 10.2 Å². The van der Waals surface area contributed by atoms with E-state index in [9.17, 15) is 9.18 Å². The number of aromatic carboxylic acids is 1. The van der Waals surface area contributed by atoms with Gasteiger partial charge in [0.05, 0.1) is 5.56 Å². The van der Waals surface area contributed by atoms with E-state index in [1.165, 1.54) is 30.5 Å². The molecule has 0 fully saturated rings. The normalized spacial score (nSPS) is 10.2. The Morgan fingerprint density at radius 1 is 1.29 bits per heavy atom. The maximum Gasteiger partial charge on any atom is 0.336 e. The number of pyridine rings is 1. The van der Waals surface area contributed by atoms with Crippen LogP contribution >= 0.6 is 0 Å². The molecule has 1 aromatic carbocycles. The summed E-state index contributed by atoms with van der Waals surface area (Å²) < 4.78 is 13.6. The minimum Gasteiger partial charge on any atom is -0.478 e. The van der Waals surface area contributed by atoms with E-state index < -0.39 is 11.8 Å². The Labute approximate surface area is 96.5 Å². The van der Waals surface area contributed by atoms with Crippen LogP contribution in [0.25, 0.3) is 11.1 Å². The first-order valence-corrected chi connectivity index (χ1v) is 4.83. The molecule has 0 bridgehead atoms. The molecule has 0 aliphatic carbocycles. The first kappa shape index (κ1) is 11.1. The quantitative estimate of drug-likeness (QED) is 0.831. The number of anilines is 1. The zero-order valence-corrected chi connectivity index (χ0v) is 8.72. The highest BCUT2D eigenvalue weighted by molar-refractivity contribution is 5.96. The number of aromatic nitrogens is 1. The molecule has 0 saturated carbocycles. The second-order valence-electron chi connectivity index (χ2n) is 3.44. The van der Waals surface area contributed by atoms with E-state index in [4.69, 9.17) is 10.8 Å². The summed E-state index contributed by atoms with van der Waals surface area (Å²) in [6.07, 6.45) is 1.26. The maximum absolute atomic E-state index is 13.6. The van der Waals surface area contributed by atoms with Crippen LogP contribution in [0.2, 0.25) is 0 Å². The Hall–Kier alpha value is -2.43. The van der Waals surface area contributed by atoms with Gasteiger partial charge < -0.3 is 10.8 Å². The Balaban J connectivity index is 2.68. The van der Waals surface area contributed by atoms with Crippen LogP contribution in [-0.2, 0) is 0 Å². The molecule has 17 heavy (non-hydrogen) atoms. The zero-order chi connectivity index (χ0) is 12.4. The van der Waals surface area contributed by atoms with Crippen molar-refractivity contribution in [3.05, 3.63) is 47.9 Å². The number of hydrogen-bond donors (Lipinski definition) is 2. The Bertz CT molecular complexity index is 584. The molecule has 2 aromatic rings. The van der Waals surface area contributed by atoms with E-state index in [2.05, 4.69) is 4.98 Å². The summed E-state index contributed by atoms with van der Waals surface area (Å²) in [5.74, 6) is -1.58. The molecule has 0 atom stereocenters. The van der Waals surface area contributed by atoms with Crippen LogP contribution < -0.4 is 5.73 Å². The second-order valence-corrected chi connectivity index (χ2v) is 3.44. The minimum atomic E-state index is -1.17. The van der Waals surface area contributed by atoms with Gasteiger partial charge in [0.2, 0.25) is 0 Å². The van der Waals surface area contributed by atoms with Gasteiger partial charge in [-0.2, -0.15) is 0 Å². The number of carboxylic acids is 1. The van der Waals surface area contributed by atoms with Crippen LogP contribution in [0.3, 0.4) is 0 Å². The van der Waals surface area contributed by atoms with Gasteiger partial charge in [-0.1, -0.05) is 18.2 Å². The molecule has 0 amide bonds. The maximum atomic E-state index is 13.6. The molecule has 1 heterocycles. The van der Waals surface area contributed by atoms with Crippen molar-refractivity contribution in [3.63, 3.8) is 0 Å². The summed E-state index contributed by atoms with van der Waals surface area (Å²) in [4.78, 5) is 14.8. The molecule has 0 unspecified atom stereocenters. The number of nitrogens with two attached hydrogens (primary N) is 1. The standard InChI is InChI=1S/C12H9FN2O2/c13-10-4-2-1-3-7(10)9-6-15-11(14)5-8(9)12(16)17/h1-6H,(H2,14,15)(H,16,17). The molecule has 0 spiro atoms. The van der Waals surface area contributed by atoms with Crippen LogP contribution in [0.15, 0.2) is 36.5 Å². The Morgan fingerprint density at radius 2 is 2.00 bits per heavy atom. The van der Waals surface area contributed by atoms with Crippen molar-refractivity contribution in [1.82, 2.24) is 4.98 Å². The molecule has 86 valence electrons. The Kier molecular flexibility index (Phi) is 2.74. The van der Waals surface area contributed by atoms with Crippen molar-refractivity contribution in [2.24, 2.45) is 0 Å². The molecular weight excluding hydrogens is 223 g/mol. The third-order valence-corrected chi connectivity index (χ3v) is 2.32. The van der Waals surface area contributed by atoms with Crippen molar-refractivity contribution < 1.29 is 14.3 Å². The topological polar surface area (TPSA) is 76.2 Å². The first-order valence-electron chi connectivity index (χ1n) is 4.83. The highest BCUT2D eigenvalue weighted by Gasteiger charge is 2.15. The smallest absolute Gasteiger partial charge is 0.336 e. The molecule has 0 saturated heterocycles. The van der Waals surface area contributed by atoms with Crippen LogP contribution in [-0.4, -0.2) is 16.1 Å². The number of carbonyl (C=O) groups is 1. The van der Waals surface area contributed by atoms with E-state index in [-0.39, 0.29) is 22.5 Å². The van der Waals surface area contributed by atoms with Gasteiger partial charge in [0.1, 0.15) is 11.6 Å². The van der Waals surface area contributed by atoms with Gasteiger partial charge in [-0.25, -0.2) is 14.2 Å². The zero-order valence-electron chi connectivity index (χ0n) is 8.72. The summed E-state index contributed by atoms with van der Waals surface area (Å²) in [6, 6.07) is 7.13. The second kappa shape index (κ2) is 4.21. The number of nitrogen functional groups attached to an aromatic ring is 1. The molecule has 0 radical (unpaired) electrons. The van der Waals surface area contributed by atoms with Crippen LogP contribution in [0, 0.1) is 5.82 Å². The van der Waals surface area contributed by atoms with Crippen LogP contribution in [0.5, 0.6) is 0 Å². The molecule has 0 aliphatic rings. The fourth-order valence-electron chi connectivity index (χ4n) is 1.54. The van der Waals surface area contributed by atoms with E-state index in [1.807, 2.05) is 0 Å². The highest BCUT2D eigenvalue weighted by Crippen LogP contribution is 2.26. The average molecular weight is 232 g/mol. The predicted octanol–water partition coefficient (Wildman–Crippen LogP) is 2.17. The molecule has 0 aliphatic heterocycles. The molecule has 1 aromatic heterocycles. The Morgan fingerprint density at radius 3 is 2.65 bits per heavy atom. The summed E-state index contributed by atoms with van der Waals surface area (Å²) in [5, 5.41) is 9.04. The van der Waals surface area contributed by atoms with Gasteiger partial charge in [0.15, 0.2) is 0 Å². The predicted molar refractivity (Wildman–Crippen MR) is 61.0 cm³/mol. The van der Waals surface area contributed by atoms with Gasteiger partial charge >= 0.3 is 5.97 Å². The summed E-state index contributed by atoms with van der Waals surface area (Å²) >= 11 is 0. The third kappa shape index (κ3) is 2.08. The van der Waals surface area contributed by atoms with Crippen LogP contribution in [0.1, 0.15) is 10.4 Å². The first-order chi connectivity index (χ1) is 8.09. The van der Waals surface area contributed by atoms with Crippen molar-refractivity contribution in [2.75, 3.05) is 5.73 Å². The third-order valence-electron chi connectivity index (χ3n) is 2.32. The van der Waals surface area contributed by atoms with Gasteiger partial charge in [-0.3, -0.25) is 0 Å². The van der Waals surface area contributed by atoms with Crippen molar-refractivity contribution in [3.8, 4) is 11.1 Å². The lowest BCUT2D eigenvalue weighted by Gasteiger charge is -2.07. The minimum absolute atomic E-state index is 0.0670. The molecule has 2 rings (SSSR count). The SMILES string of the molecule is Nc1cc(C(=O)O)c(-c2ccccc2F)cn1. The lowest BCUT2D eigenvalue weighted by Crippen LogP contribution is -2.03. The molecule has 4 nitrogen and oxygen atoms in total. The molecule has 5 heteroatoms. The lowest BCUT2D eigenvalue weighted by atomic mass is 10.0. The number of nitrogens with zero attached hydrogens (tertiary/aromatic N) is 1. The van der Waals surface area contributed by atoms with Gasteiger partial charge in [0, 0.05) is 17.3 Å². The number of rotatable bonds is 2. The summed E-state index contributed by atoms with van der Waals surface area (Å²) in [5.41, 5.74) is 5.75. The number of carboxylic acid groups (broad SMARTS) is 1. The van der Waals surface area contributed by atoms with Crippen molar-refractivity contribution in [2.45, 2.75) is 0 Å². The van der Waals surface area contributed by atoms with E-state index in [0.717, 1.165) is 0 Å². The van der Waals surface area contributed by atoms with E-state index >= 15 is 0 Å². The largest absolute Gasteiger partial charge is 0.478 e. The number of hydrogen-bond acceptors (Lipinski definition) is 3. The van der Waals surface area contributed by atoms with Gasteiger partial charge in [-0.05, 0) is 12.1 Å².